The van der Waals surface area contributed by atoms with Gasteiger partial charge in [0.2, 0.25) is 0 Å². The van der Waals surface area contributed by atoms with Crippen LogP contribution >= 0.6 is 11.6 Å². The number of pyridine rings is 1. The van der Waals surface area contributed by atoms with Gasteiger partial charge in [-0.2, -0.15) is 13.2 Å². The summed E-state index contributed by atoms with van der Waals surface area (Å²) >= 11 is 5.78. The van der Waals surface area contributed by atoms with Crippen molar-refractivity contribution in [1.82, 2.24) is 14.6 Å². The van der Waals surface area contributed by atoms with E-state index in [0.717, 1.165) is 25.0 Å². The van der Waals surface area contributed by atoms with Crippen LogP contribution in [0.1, 0.15) is 31.2 Å². The van der Waals surface area contributed by atoms with Gasteiger partial charge < -0.3 is 0 Å². The summed E-state index contributed by atoms with van der Waals surface area (Å²) in [5.74, 6) is 0.512. The number of aryl methyl sites for hydroxylation is 1. The molecule has 2 aromatic rings. The predicted octanol–water partition coefficient (Wildman–Crippen LogP) is 3.74. The Bertz CT molecular complexity index is 562. The lowest BCUT2D eigenvalue weighted by atomic mass is 10.2. The Morgan fingerprint density at radius 1 is 1.33 bits per heavy atom. The van der Waals surface area contributed by atoms with Gasteiger partial charge in [-0.1, -0.05) is 24.9 Å². The average Bonchev–Trinajstić information content (AvgIpc) is 2.68. The van der Waals surface area contributed by atoms with Gasteiger partial charge in [0.25, 0.3) is 0 Å². The zero-order valence-corrected chi connectivity index (χ0v) is 10.4. The molecule has 0 atom stereocenters. The second-order valence-corrected chi connectivity index (χ2v) is 4.35. The first-order valence-electron chi connectivity index (χ1n) is 5.54. The number of hydrogen-bond donors (Lipinski definition) is 0. The van der Waals surface area contributed by atoms with Crippen molar-refractivity contribution in [3.63, 3.8) is 0 Å². The van der Waals surface area contributed by atoms with Gasteiger partial charge in [0.15, 0.2) is 11.5 Å². The van der Waals surface area contributed by atoms with Crippen molar-refractivity contribution in [2.24, 2.45) is 0 Å². The summed E-state index contributed by atoms with van der Waals surface area (Å²) in [6.07, 6.45) is -1.94. The van der Waals surface area contributed by atoms with Crippen molar-refractivity contribution in [1.29, 1.82) is 0 Å². The Labute approximate surface area is 107 Å². The lowest BCUT2D eigenvalue weighted by molar-refractivity contribution is -0.137. The molecule has 3 nitrogen and oxygen atoms in total. The van der Waals surface area contributed by atoms with Crippen LogP contribution in [-0.2, 0) is 12.6 Å². The molecule has 0 radical (unpaired) electrons. The van der Waals surface area contributed by atoms with E-state index >= 15 is 0 Å². The van der Waals surface area contributed by atoms with Gasteiger partial charge in [-0.15, -0.1) is 5.10 Å². The minimum atomic E-state index is -4.43. The highest BCUT2D eigenvalue weighted by Gasteiger charge is 2.31. The largest absolute Gasteiger partial charge is 0.416 e. The van der Waals surface area contributed by atoms with Crippen LogP contribution < -0.4 is 0 Å². The summed E-state index contributed by atoms with van der Waals surface area (Å²) in [7, 11) is 0. The summed E-state index contributed by atoms with van der Waals surface area (Å²) in [5.41, 5.74) is -0.685. The number of rotatable bonds is 3. The Morgan fingerprint density at radius 3 is 2.67 bits per heavy atom. The quantitative estimate of drug-likeness (QED) is 0.800. The smallest absolute Gasteiger partial charge is 0.212 e. The monoisotopic (exact) mass is 277 g/mol. The lowest BCUT2D eigenvalue weighted by Crippen LogP contribution is -2.06. The Balaban J connectivity index is 2.46. The molecular formula is C11H11ClF3N3. The molecular weight excluding hydrogens is 267 g/mol. The third kappa shape index (κ3) is 2.58. The standard InChI is InChI=1S/C11H11ClF3N3/c1-2-3-4-9-16-10-6-7(11(13,14)15)5-8(12)18(10)17-9/h5-6H,2-4H2,1H3. The van der Waals surface area contributed by atoms with Crippen molar-refractivity contribution in [3.8, 4) is 0 Å². The van der Waals surface area contributed by atoms with Gasteiger partial charge in [0, 0.05) is 6.42 Å². The summed E-state index contributed by atoms with van der Waals surface area (Å²) in [6.45, 7) is 2.02. The zero-order valence-electron chi connectivity index (χ0n) is 9.63. The summed E-state index contributed by atoms with van der Waals surface area (Å²) < 4.78 is 39.0. The fraction of sp³-hybridized carbons (Fsp3) is 0.455. The molecule has 2 aromatic heterocycles. The van der Waals surface area contributed by atoms with E-state index in [1.54, 1.807) is 0 Å². The molecule has 0 saturated heterocycles. The Morgan fingerprint density at radius 2 is 2.06 bits per heavy atom. The van der Waals surface area contributed by atoms with Gasteiger partial charge in [0.05, 0.1) is 5.56 Å². The molecule has 0 spiro atoms. The summed E-state index contributed by atoms with van der Waals surface area (Å²) in [4.78, 5) is 4.05. The fourth-order valence-electron chi connectivity index (χ4n) is 1.59. The normalized spacial score (nSPS) is 12.3. The molecule has 2 heterocycles. The van der Waals surface area contributed by atoms with Crippen LogP contribution in [0.2, 0.25) is 5.15 Å². The Hall–Kier alpha value is -1.30. The molecule has 0 aromatic carbocycles. The van der Waals surface area contributed by atoms with E-state index in [2.05, 4.69) is 10.1 Å². The topological polar surface area (TPSA) is 30.2 Å². The summed E-state index contributed by atoms with van der Waals surface area (Å²) in [5, 5.41) is 3.99. The molecule has 18 heavy (non-hydrogen) atoms. The molecule has 0 N–H and O–H groups in total. The molecule has 0 aliphatic rings. The van der Waals surface area contributed by atoms with E-state index in [0.29, 0.717) is 12.2 Å². The third-order valence-corrected chi connectivity index (χ3v) is 2.79. The van der Waals surface area contributed by atoms with Crippen LogP contribution in [0.5, 0.6) is 0 Å². The molecule has 0 fully saturated rings. The number of unbranched alkanes of at least 4 members (excludes halogenated alkanes) is 1. The second kappa shape index (κ2) is 4.76. The number of halogens is 4. The van der Waals surface area contributed by atoms with Crippen LogP contribution in [0.3, 0.4) is 0 Å². The van der Waals surface area contributed by atoms with E-state index in [4.69, 9.17) is 11.6 Å². The highest BCUT2D eigenvalue weighted by molar-refractivity contribution is 6.29. The molecule has 0 aliphatic heterocycles. The van der Waals surface area contributed by atoms with Crippen LogP contribution in [0.25, 0.3) is 5.65 Å². The lowest BCUT2D eigenvalue weighted by Gasteiger charge is -2.06. The average molecular weight is 278 g/mol. The third-order valence-electron chi connectivity index (χ3n) is 2.52. The van der Waals surface area contributed by atoms with Crippen LogP contribution in [0.15, 0.2) is 12.1 Å². The minimum absolute atomic E-state index is 0.0879. The van der Waals surface area contributed by atoms with Crippen molar-refractivity contribution in [2.75, 3.05) is 0 Å². The molecule has 0 saturated carbocycles. The van der Waals surface area contributed by atoms with Gasteiger partial charge in [-0.3, -0.25) is 0 Å². The van der Waals surface area contributed by atoms with Gasteiger partial charge in [-0.05, 0) is 18.6 Å². The number of nitrogens with zero attached hydrogens (tertiary/aromatic N) is 3. The predicted molar refractivity (Wildman–Crippen MR) is 61.6 cm³/mol. The van der Waals surface area contributed by atoms with Crippen molar-refractivity contribution < 1.29 is 13.2 Å². The molecule has 0 aliphatic carbocycles. The second-order valence-electron chi connectivity index (χ2n) is 3.97. The first-order chi connectivity index (χ1) is 8.41. The maximum atomic E-state index is 12.6. The first kappa shape index (κ1) is 13.1. The number of fused-ring (bicyclic) bond motifs is 1. The highest BCUT2D eigenvalue weighted by Crippen LogP contribution is 2.31. The molecule has 0 amide bonds. The molecule has 98 valence electrons. The summed E-state index contributed by atoms with van der Waals surface area (Å²) in [6, 6.07) is 1.81. The SMILES string of the molecule is CCCCc1nc2cc(C(F)(F)F)cc(Cl)n2n1. The highest BCUT2D eigenvalue weighted by atomic mass is 35.5. The molecule has 2 rings (SSSR count). The van der Waals surface area contributed by atoms with Gasteiger partial charge >= 0.3 is 6.18 Å². The number of alkyl halides is 3. The van der Waals surface area contributed by atoms with Gasteiger partial charge in [0.1, 0.15) is 5.15 Å². The van der Waals surface area contributed by atoms with E-state index in [1.807, 2.05) is 6.92 Å². The minimum Gasteiger partial charge on any atom is -0.212 e. The Kier molecular flexibility index (Phi) is 3.47. The van der Waals surface area contributed by atoms with Crippen LogP contribution in [-0.4, -0.2) is 14.6 Å². The number of hydrogen-bond acceptors (Lipinski definition) is 2. The van der Waals surface area contributed by atoms with Crippen molar-refractivity contribution in [3.05, 3.63) is 28.7 Å². The maximum absolute atomic E-state index is 12.6. The maximum Gasteiger partial charge on any atom is 0.416 e. The molecule has 7 heteroatoms. The molecule has 0 unspecified atom stereocenters. The van der Waals surface area contributed by atoms with E-state index in [1.165, 1.54) is 4.52 Å². The van der Waals surface area contributed by atoms with Crippen LogP contribution in [0.4, 0.5) is 13.2 Å². The van der Waals surface area contributed by atoms with Gasteiger partial charge in [-0.25, -0.2) is 9.50 Å². The number of aromatic nitrogens is 3. The molecule has 0 bridgehead atoms. The van der Waals surface area contributed by atoms with Crippen molar-refractivity contribution in [2.45, 2.75) is 32.4 Å². The zero-order chi connectivity index (χ0) is 13.3. The first-order valence-corrected chi connectivity index (χ1v) is 5.92. The van der Waals surface area contributed by atoms with E-state index in [-0.39, 0.29) is 10.8 Å². The fourth-order valence-corrected chi connectivity index (χ4v) is 1.84. The van der Waals surface area contributed by atoms with Crippen molar-refractivity contribution >= 4 is 17.2 Å². The van der Waals surface area contributed by atoms with Crippen LogP contribution in [0, 0.1) is 0 Å². The van der Waals surface area contributed by atoms with E-state index in [9.17, 15) is 13.2 Å². The van der Waals surface area contributed by atoms with E-state index < -0.39 is 11.7 Å².